The SMILES string of the molecule is Cc1ccc(O)c(-c2cnc3ccccc3c2)c1. The third kappa shape index (κ3) is 1.82. The van der Waals surface area contributed by atoms with Gasteiger partial charge in [0.15, 0.2) is 0 Å². The zero-order valence-corrected chi connectivity index (χ0v) is 10.1. The smallest absolute Gasteiger partial charge is 0.123 e. The van der Waals surface area contributed by atoms with Crippen molar-refractivity contribution in [3.05, 3.63) is 60.3 Å². The fourth-order valence-corrected chi connectivity index (χ4v) is 2.10. The van der Waals surface area contributed by atoms with Crippen LogP contribution in [-0.2, 0) is 0 Å². The molecule has 0 aliphatic heterocycles. The predicted molar refractivity (Wildman–Crippen MR) is 73.6 cm³/mol. The highest BCUT2D eigenvalue weighted by atomic mass is 16.3. The summed E-state index contributed by atoms with van der Waals surface area (Å²) in [5, 5.41) is 11.0. The second-order valence-corrected chi connectivity index (χ2v) is 4.44. The molecule has 1 N–H and O–H groups in total. The van der Waals surface area contributed by atoms with Gasteiger partial charge >= 0.3 is 0 Å². The van der Waals surface area contributed by atoms with Crippen LogP contribution >= 0.6 is 0 Å². The van der Waals surface area contributed by atoms with Crippen molar-refractivity contribution >= 4 is 10.9 Å². The molecule has 1 aromatic heterocycles. The number of fused-ring (bicyclic) bond motifs is 1. The van der Waals surface area contributed by atoms with Crippen LogP contribution in [0.2, 0.25) is 0 Å². The summed E-state index contributed by atoms with van der Waals surface area (Å²) in [5.41, 5.74) is 3.85. The summed E-state index contributed by atoms with van der Waals surface area (Å²) in [4.78, 5) is 4.42. The number of aryl methyl sites for hydroxylation is 1. The Balaban J connectivity index is 2.22. The number of aromatic nitrogens is 1. The molecule has 0 spiro atoms. The second-order valence-electron chi connectivity index (χ2n) is 4.44. The Hall–Kier alpha value is -2.35. The Bertz CT molecular complexity index is 719. The average molecular weight is 235 g/mol. The van der Waals surface area contributed by atoms with Crippen LogP contribution in [0.4, 0.5) is 0 Å². The lowest BCUT2D eigenvalue weighted by Crippen LogP contribution is -1.84. The molecular weight excluding hydrogens is 222 g/mol. The summed E-state index contributed by atoms with van der Waals surface area (Å²) < 4.78 is 0. The van der Waals surface area contributed by atoms with Gasteiger partial charge in [0.2, 0.25) is 0 Å². The Kier molecular flexibility index (Phi) is 2.49. The Morgan fingerprint density at radius 2 is 1.83 bits per heavy atom. The van der Waals surface area contributed by atoms with Crippen LogP contribution in [0.3, 0.4) is 0 Å². The first-order valence-electron chi connectivity index (χ1n) is 5.89. The highest BCUT2D eigenvalue weighted by Crippen LogP contribution is 2.30. The number of phenolic OH excluding ortho intramolecular Hbond substituents is 1. The first kappa shape index (κ1) is 10.8. The molecule has 0 unspecified atom stereocenters. The van der Waals surface area contributed by atoms with E-state index in [-0.39, 0.29) is 5.75 Å². The Morgan fingerprint density at radius 3 is 2.72 bits per heavy atom. The molecular formula is C16H13NO. The van der Waals surface area contributed by atoms with E-state index in [9.17, 15) is 5.11 Å². The lowest BCUT2D eigenvalue weighted by atomic mass is 10.0. The molecule has 0 saturated carbocycles. The van der Waals surface area contributed by atoms with Crippen molar-refractivity contribution in [2.45, 2.75) is 6.92 Å². The van der Waals surface area contributed by atoms with Gasteiger partial charge in [0.05, 0.1) is 5.52 Å². The van der Waals surface area contributed by atoms with Gasteiger partial charge < -0.3 is 5.11 Å². The zero-order valence-electron chi connectivity index (χ0n) is 10.1. The lowest BCUT2D eigenvalue weighted by molar-refractivity contribution is 0.477. The minimum absolute atomic E-state index is 0.290. The van der Waals surface area contributed by atoms with E-state index in [0.29, 0.717) is 0 Å². The summed E-state index contributed by atoms with van der Waals surface area (Å²) in [7, 11) is 0. The fraction of sp³-hybridized carbons (Fsp3) is 0.0625. The molecule has 3 aromatic rings. The molecule has 0 amide bonds. The van der Waals surface area contributed by atoms with Crippen LogP contribution in [-0.4, -0.2) is 10.1 Å². The first-order valence-corrected chi connectivity index (χ1v) is 5.89. The molecule has 3 rings (SSSR count). The van der Waals surface area contributed by atoms with Gasteiger partial charge in [-0.2, -0.15) is 0 Å². The number of benzene rings is 2. The van der Waals surface area contributed by atoms with Gasteiger partial charge in [-0.3, -0.25) is 4.98 Å². The molecule has 2 nitrogen and oxygen atoms in total. The maximum Gasteiger partial charge on any atom is 0.123 e. The van der Waals surface area contributed by atoms with Crippen molar-refractivity contribution in [3.63, 3.8) is 0 Å². The third-order valence-corrected chi connectivity index (χ3v) is 3.05. The summed E-state index contributed by atoms with van der Waals surface area (Å²) in [5.74, 6) is 0.290. The maximum atomic E-state index is 9.93. The quantitative estimate of drug-likeness (QED) is 0.693. The molecule has 0 aliphatic carbocycles. The number of para-hydroxylation sites is 1. The van der Waals surface area contributed by atoms with E-state index in [1.54, 1.807) is 12.3 Å². The Labute approximate surface area is 106 Å². The van der Waals surface area contributed by atoms with Crippen LogP contribution < -0.4 is 0 Å². The molecule has 1 heterocycles. The molecule has 0 aliphatic rings. The molecule has 18 heavy (non-hydrogen) atoms. The highest BCUT2D eigenvalue weighted by molar-refractivity contribution is 5.84. The predicted octanol–water partition coefficient (Wildman–Crippen LogP) is 3.92. The highest BCUT2D eigenvalue weighted by Gasteiger charge is 2.05. The first-order chi connectivity index (χ1) is 8.74. The van der Waals surface area contributed by atoms with E-state index in [0.717, 1.165) is 27.6 Å². The van der Waals surface area contributed by atoms with Gasteiger partial charge in [-0.1, -0.05) is 29.8 Å². The normalized spacial score (nSPS) is 10.7. The number of pyridine rings is 1. The lowest BCUT2D eigenvalue weighted by Gasteiger charge is -2.07. The molecule has 0 atom stereocenters. The number of aromatic hydroxyl groups is 1. The zero-order chi connectivity index (χ0) is 12.5. The van der Waals surface area contributed by atoms with Crippen molar-refractivity contribution in [1.82, 2.24) is 4.98 Å². The van der Waals surface area contributed by atoms with Crippen molar-refractivity contribution in [2.24, 2.45) is 0 Å². The van der Waals surface area contributed by atoms with E-state index in [2.05, 4.69) is 11.1 Å². The molecule has 2 heteroatoms. The average Bonchev–Trinajstić information content (AvgIpc) is 2.41. The minimum atomic E-state index is 0.290. The van der Waals surface area contributed by atoms with Crippen molar-refractivity contribution in [3.8, 4) is 16.9 Å². The number of phenols is 1. The second kappa shape index (κ2) is 4.15. The van der Waals surface area contributed by atoms with Crippen LogP contribution in [0.25, 0.3) is 22.0 Å². The molecule has 0 bridgehead atoms. The monoisotopic (exact) mass is 235 g/mol. The van der Waals surface area contributed by atoms with Crippen molar-refractivity contribution < 1.29 is 5.11 Å². The van der Waals surface area contributed by atoms with E-state index in [1.165, 1.54) is 0 Å². The maximum absolute atomic E-state index is 9.93. The molecule has 0 saturated heterocycles. The number of rotatable bonds is 1. The van der Waals surface area contributed by atoms with Gasteiger partial charge in [0, 0.05) is 22.7 Å². The van der Waals surface area contributed by atoms with Crippen LogP contribution in [0.1, 0.15) is 5.56 Å². The van der Waals surface area contributed by atoms with E-state index >= 15 is 0 Å². The molecule has 0 fully saturated rings. The van der Waals surface area contributed by atoms with Crippen molar-refractivity contribution in [1.29, 1.82) is 0 Å². The molecule has 2 aromatic carbocycles. The Morgan fingerprint density at radius 1 is 1.00 bits per heavy atom. The van der Waals surface area contributed by atoms with Gasteiger partial charge in [-0.15, -0.1) is 0 Å². The topological polar surface area (TPSA) is 33.1 Å². The summed E-state index contributed by atoms with van der Waals surface area (Å²) in [6.07, 6.45) is 1.80. The van der Waals surface area contributed by atoms with E-state index in [1.807, 2.05) is 43.3 Å². The van der Waals surface area contributed by atoms with Crippen LogP contribution in [0.5, 0.6) is 5.75 Å². The number of hydrogen-bond donors (Lipinski definition) is 1. The van der Waals surface area contributed by atoms with Crippen LogP contribution in [0.15, 0.2) is 54.7 Å². The van der Waals surface area contributed by atoms with Gasteiger partial charge in [0.25, 0.3) is 0 Å². The van der Waals surface area contributed by atoms with E-state index in [4.69, 9.17) is 0 Å². The van der Waals surface area contributed by atoms with Crippen molar-refractivity contribution in [2.75, 3.05) is 0 Å². The summed E-state index contributed by atoms with van der Waals surface area (Å²) >= 11 is 0. The number of nitrogens with zero attached hydrogens (tertiary/aromatic N) is 1. The third-order valence-electron chi connectivity index (χ3n) is 3.05. The van der Waals surface area contributed by atoms with Crippen LogP contribution in [0, 0.1) is 6.92 Å². The van der Waals surface area contributed by atoms with Gasteiger partial charge in [-0.25, -0.2) is 0 Å². The minimum Gasteiger partial charge on any atom is -0.507 e. The van der Waals surface area contributed by atoms with Gasteiger partial charge in [0.1, 0.15) is 5.75 Å². The van der Waals surface area contributed by atoms with E-state index < -0.39 is 0 Å². The molecule has 88 valence electrons. The summed E-state index contributed by atoms with van der Waals surface area (Å²) in [6, 6.07) is 15.6. The van der Waals surface area contributed by atoms with Gasteiger partial charge in [-0.05, 0) is 31.2 Å². The number of hydrogen-bond acceptors (Lipinski definition) is 2. The standard InChI is InChI=1S/C16H13NO/c1-11-6-7-16(18)14(8-11)13-9-12-4-2-3-5-15(12)17-10-13/h2-10,18H,1H3. The molecule has 0 radical (unpaired) electrons. The summed E-state index contributed by atoms with van der Waals surface area (Å²) in [6.45, 7) is 2.01. The largest absolute Gasteiger partial charge is 0.507 e. The fourth-order valence-electron chi connectivity index (χ4n) is 2.10.